The van der Waals surface area contributed by atoms with Crippen molar-refractivity contribution in [3.8, 4) is 0 Å². The molecule has 1 amide bonds. The molecule has 0 aromatic carbocycles. The fourth-order valence-electron chi connectivity index (χ4n) is 2.33. The molecule has 2 saturated carbocycles. The van der Waals surface area contributed by atoms with E-state index in [1.165, 1.54) is 19.3 Å². The second-order valence-corrected chi connectivity index (χ2v) is 4.63. The lowest BCUT2D eigenvalue weighted by Gasteiger charge is -2.30. The van der Waals surface area contributed by atoms with Gasteiger partial charge in [0.15, 0.2) is 0 Å². The quantitative estimate of drug-likeness (QED) is 0.714. The molecule has 3 heteroatoms. The zero-order valence-corrected chi connectivity index (χ0v) is 8.54. The summed E-state index contributed by atoms with van der Waals surface area (Å²) in [5, 5.41) is 12.6. The van der Waals surface area contributed by atoms with Crippen LogP contribution in [0.2, 0.25) is 0 Å². The molecule has 14 heavy (non-hydrogen) atoms. The van der Waals surface area contributed by atoms with Gasteiger partial charge in [-0.25, -0.2) is 0 Å². The van der Waals surface area contributed by atoms with Crippen molar-refractivity contribution >= 4 is 5.91 Å². The molecule has 3 nitrogen and oxygen atoms in total. The Balaban J connectivity index is 1.75. The van der Waals surface area contributed by atoms with Crippen LogP contribution < -0.4 is 5.32 Å². The fourth-order valence-corrected chi connectivity index (χ4v) is 2.33. The molecule has 0 bridgehead atoms. The van der Waals surface area contributed by atoms with E-state index in [-0.39, 0.29) is 11.8 Å². The Labute approximate surface area is 84.9 Å². The highest BCUT2D eigenvalue weighted by molar-refractivity contribution is 5.81. The van der Waals surface area contributed by atoms with Gasteiger partial charge in [-0.1, -0.05) is 19.3 Å². The van der Waals surface area contributed by atoms with Crippen LogP contribution in [0.25, 0.3) is 0 Å². The van der Waals surface area contributed by atoms with E-state index >= 15 is 0 Å². The molecule has 0 heterocycles. The number of amides is 1. The van der Waals surface area contributed by atoms with E-state index in [2.05, 4.69) is 5.32 Å². The Morgan fingerprint density at radius 3 is 2.29 bits per heavy atom. The zero-order chi connectivity index (χ0) is 9.97. The minimum Gasteiger partial charge on any atom is -0.383 e. The van der Waals surface area contributed by atoms with Crippen LogP contribution in [-0.2, 0) is 4.79 Å². The topological polar surface area (TPSA) is 49.3 Å². The van der Waals surface area contributed by atoms with E-state index in [4.69, 9.17) is 0 Å². The summed E-state index contributed by atoms with van der Waals surface area (Å²) >= 11 is 0. The molecule has 2 aliphatic rings. The summed E-state index contributed by atoms with van der Waals surface area (Å²) in [5.74, 6) is 0.0954. The van der Waals surface area contributed by atoms with E-state index in [0.717, 1.165) is 25.7 Å². The van der Waals surface area contributed by atoms with Crippen LogP contribution in [0.4, 0.5) is 0 Å². The third-order valence-corrected chi connectivity index (χ3v) is 3.57. The standard InChI is InChI=1S/C11H19NO2/c13-10(8-4-3-5-8)11(14)12-9-6-1-2-7-9/h8-10,13H,1-7H2,(H,12,14). The molecule has 2 aliphatic carbocycles. The maximum absolute atomic E-state index is 11.6. The van der Waals surface area contributed by atoms with Gasteiger partial charge in [0, 0.05) is 6.04 Å². The van der Waals surface area contributed by atoms with Crippen molar-refractivity contribution in [1.82, 2.24) is 5.32 Å². The molecule has 0 aromatic heterocycles. The number of aliphatic hydroxyl groups excluding tert-OH is 1. The van der Waals surface area contributed by atoms with Crippen LogP contribution in [-0.4, -0.2) is 23.2 Å². The number of nitrogens with one attached hydrogen (secondary N) is 1. The lowest BCUT2D eigenvalue weighted by atomic mass is 9.81. The number of rotatable bonds is 3. The van der Waals surface area contributed by atoms with Crippen LogP contribution in [0, 0.1) is 5.92 Å². The number of hydrogen-bond acceptors (Lipinski definition) is 2. The molecule has 2 N–H and O–H groups in total. The molecule has 2 rings (SSSR count). The first-order valence-corrected chi connectivity index (χ1v) is 5.76. The number of carbonyl (C=O) groups excluding carboxylic acids is 1. The van der Waals surface area contributed by atoms with Crippen LogP contribution in [0.1, 0.15) is 44.9 Å². The van der Waals surface area contributed by atoms with Gasteiger partial charge in [0.2, 0.25) is 5.91 Å². The Morgan fingerprint density at radius 1 is 1.14 bits per heavy atom. The molecule has 0 radical (unpaired) electrons. The first-order valence-electron chi connectivity index (χ1n) is 5.76. The molecule has 1 atom stereocenters. The molecule has 1 unspecified atom stereocenters. The molecular weight excluding hydrogens is 178 g/mol. The Kier molecular flexibility index (Phi) is 3.06. The Morgan fingerprint density at radius 2 is 1.79 bits per heavy atom. The Bertz CT molecular complexity index is 207. The molecule has 0 saturated heterocycles. The third-order valence-electron chi connectivity index (χ3n) is 3.57. The predicted octanol–water partition coefficient (Wildman–Crippen LogP) is 1.21. The van der Waals surface area contributed by atoms with E-state index in [1.54, 1.807) is 0 Å². The average molecular weight is 197 g/mol. The van der Waals surface area contributed by atoms with Crippen molar-refractivity contribution in [2.75, 3.05) is 0 Å². The minimum absolute atomic E-state index is 0.137. The summed E-state index contributed by atoms with van der Waals surface area (Å²) in [4.78, 5) is 11.6. The summed E-state index contributed by atoms with van der Waals surface area (Å²) in [6.07, 6.45) is 7.04. The maximum Gasteiger partial charge on any atom is 0.249 e. The highest BCUT2D eigenvalue weighted by atomic mass is 16.3. The van der Waals surface area contributed by atoms with Crippen molar-refractivity contribution in [2.24, 2.45) is 5.92 Å². The molecule has 0 spiro atoms. The number of hydrogen-bond donors (Lipinski definition) is 2. The van der Waals surface area contributed by atoms with Gasteiger partial charge in [0.1, 0.15) is 6.10 Å². The first kappa shape index (κ1) is 9.97. The van der Waals surface area contributed by atoms with E-state index in [9.17, 15) is 9.90 Å². The van der Waals surface area contributed by atoms with E-state index in [1.807, 2.05) is 0 Å². The maximum atomic E-state index is 11.6. The smallest absolute Gasteiger partial charge is 0.249 e. The molecule has 2 fully saturated rings. The van der Waals surface area contributed by atoms with Crippen molar-refractivity contribution < 1.29 is 9.90 Å². The van der Waals surface area contributed by atoms with Gasteiger partial charge in [-0.3, -0.25) is 4.79 Å². The van der Waals surface area contributed by atoms with Gasteiger partial charge in [0.25, 0.3) is 0 Å². The van der Waals surface area contributed by atoms with Crippen LogP contribution in [0.3, 0.4) is 0 Å². The van der Waals surface area contributed by atoms with Crippen molar-refractivity contribution in [3.05, 3.63) is 0 Å². The molecular formula is C11H19NO2. The number of aliphatic hydroxyl groups is 1. The highest BCUT2D eigenvalue weighted by Gasteiger charge is 2.31. The molecule has 80 valence electrons. The lowest BCUT2D eigenvalue weighted by Crippen LogP contribution is -2.45. The van der Waals surface area contributed by atoms with Gasteiger partial charge >= 0.3 is 0 Å². The zero-order valence-electron chi connectivity index (χ0n) is 8.54. The largest absolute Gasteiger partial charge is 0.383 e. The van der Waals surface area contributed by atoms with Gasteiger partial charge in [-0.05, 0) is 31.6 Å². The van der Waals surface area contributed by atoms with Crippen molar-refractivity contribution in [1.29, 1.82) is 0 Å². The van der Waals surface area contributed by atoms with Gasteiger partial charge < -0.3 is 10.4 Å². The van der Waals surface area contributed by atoms with Gasteiger partial charge in [-0.15, -0.1) is 0 Å². The first-order chi connectivity index (χ1) is 6.77. The monoisotopic (exact) mass is 197 g/mol. The van der Waals surface area contributed by atoms with Crippen LogP contribution in [0.15, 0.2) is 0 Å². The van der Waals surface area contributed by atoms with Gasteiger partial charge in [-0.2, -0.15) is 0 Å². The summed E-state index contributed by atoms with van der Waals surface area (Å²) in [6, 6.07) is 0.331. The van der Waals surface area contributed by atoms with Crippen LogP contribution in [0.5, 0.6) is 0 Å². The highest BCUT2D eigenvalue weighted by Crippen LogP contribution is 2.29. The summed E-state index contributed by atoms with van der Waals surface area (Å²) in [7, 11) is 0. The SMILES string of the molecule is O=C(NC1CCCC1)C(O)C1CCC1. The molecule has 0 aromatic rings. The van der Waals surface area contributed by atoms with E-state index < -0.39 is 6.10 Å². The lowest BCUT2D eigenvalue weighted by molar-refractivity contribution is -0.134. The van der Waals surface area contributed by atoms with Gasteiger partial charge in [0.05, 0.1) is 0 Å². The van der Waals surface area contributed by atoms with Crippen molar-refractivity contribution in [3.63, 3.8) is 0 Å². The number of carbonyl (C=O) groups is 1. The summed E-state index contributed by atoms with van der Waals surface area (Å²) in [5.41, 5.74) is 0. The fraction of sp³-hybridized carbons (Fsp3) is 0.909. The van der Waals surface area contributed by atoms with Crippen LogP contribution >= 0.6 is 0 Å². The normalized spacial score (nSPS) is 25.8. The van der Waals surface area contributed by atoms with E-state index in [0.29, 0.717) is 6.04 Å². The second kappa shape index (κ2) is 4.30. The summed E-state index contributed by atoms with van der Waals surface area (Å²) in [6.45, 7) is 0. The van der Waals surface area contributed by atoms with Crippen molar-refractivity contribution in [2.45, 2.75) is 57.1 Å². The third kappa shape index (κ3) is 2.08. The molecule has 0 aliphatic heterocycles. The Hall–Kier alpha value is -0.570. The predicted molar refractivity (Wildman–Crippen MR) is 53.7 cm³/mol. The summed E-state index contributed by atoms with van der Waals surface area (Å²) < 4.78 is 0. The second-order valence-electron chi connectivity index (χ2n) is 4.63. The average Bonchev–Trinajstić information content (AvgIpc) is 2.53. The minimum atomic E-state index is -0.746.